The monoisotopic (exact) mass is 404 g/mol. The van der Waals surface area contributed by atoms with Crippen molar-refractivity contribution in [3.05, 3.63) is 57.6 Å². The first-order valence-electron chi connectivity index (χ1n) is 12.0. The predicted molar refractivity (Wildman–Crippen MR) is 131 cm³/mol. The van der Waals surface area contributed by atoms with Crippen LogP contribution in [0.5, 0.6) is 0 Å². The molecule has 0 N–H and O–H groups in total. The Balaban J connectivity index is 1.35. The van der Waals surface area contributed by atoms with Crippen molar-refractivity contribution in [1.82, 2.24) is 0 Å². The topological polar surface area (TPSA) is 6.48 Å². The molecule has 2 heteroatoms. The van der Waals surface area contributed by atoms with Gasteiger partial charge in [0.05, 0.1) is 0 Å². The van der Waals surface area contributed by atoms with Gasteiger partial charge < -0.3 is 9.80 Å². The quantitative estimate of drug-likeness (QED) is 0.563. The molecule has 2 aliphatic rings. The van der Waals surface area contributed by atoms with Crippen LogP contribution in [-0.2, 0) is 0 Å². The van der Waals surface area contributed by atoms with E-state index in [1.165, 1.54) is 96.6 Å². The first-order chi connectivity index (χ1) is 14.3. The first-order valence-corrected chi connectivity index (χ1v) is 12.0. The smallest absolute Gasteiger partial charge is 0.0425 e. The molecule has 0 bridgehead atoms. The standard InChI is InChI=1S/C28H40N2/c1-19-15-21(3)27(22(4)16-19)29-11-7-25(8-12-29)26-9-13-30(14-10-26)28-23(5)17-20(2)18-24(28)6/h15-18,25-26H,7-14H2,1-6H3. The zero-order valence-corrected chi connectivity index (χ0v) is 20.0. The van der Waals surface area contributed by atoms with Gasteiger partial charge in [-0.05, 0) is 101 Å². The molecule has 0 unspecified atom stereocenters. The predicted octanol–water partition coefficient (Wildman–Crippen LogP) is 6.67. The van der Waals surface area contributed by atoms with Crippen LogP contribution in [0.25, 0.3) is 0 Å². The van der Waals surface area contributed by atoms with E-state index >= 15 is 0 Å². The molecule has 4 rings (SSSR count). The average molecular weight is 405 g/mol. The van der Waals surface area contributed by atoms with Crippen molar-refractivity contribution in [2.24, 2.45) is 11.8 Å². The van der Waals surface area contributed by atoms with E-state index in [-0.39, 0.29) is 0 Å². The molecule has 2 nitrogen and oxygen atoms in total. The summed E-state index contributed by atoms with van der Waals surface area (Å²) in [6.07, 6.45) is 5.44. The molecule has 2 saturated heterocycles. The molecule has 0 spiro atoms. The van der Waals surface area contributed by atoms with Crippen LogP contribution in [0.1, 0.15) is 59.1 Å². The lowest BCUT2D eigenvalue weighted by Gasteiger charge is -2.42. The van der Waals surface area contributed by atoms with Gasteiger partial charge in [0.1, 0.15) is 0 Å². The normalized spacial score (nSPS) is 18.9. The van der Waals surface area contributed by atoms with Crippen LogP contribution in [0, 0.1) is 53.4 Å². The maximum absolute atomic E-state index is 2.66. The number of aryl methyl sites for hydroxylation is 6. The van der Waals surface area contributed by atoms with Gasteiger partial charge in [0.15, 0.2) is 0 Å². The third-order valence-corrected chi connectivity index (χ3v) is 7.65. The summed E-state index contributed by atoms with van der Waals surface area (Å²) in [7, 11) is 0. The molecule has 2 fully saturated rings. The highest BCUT2D eigenvalue weighted by Crippen LogP contribution is 2.38. The molecular formula is C28H40N2. The summed E-state index contributed by atoms with van der Waals surface area (Å²) < 4.78 is 0. The van der Waals surface area contributed by atoms with E-state index in [4.69, 9.17) is 0 Å². The van der Waals surface area contributed by atoms with Crippen LogP contribution < -0.4 is 9.80 Å². The van der Waals surface area contributed by atoms with Gasteiger partial charge in [0.2, 0.25) is 0 Å². The minimum Gasteiger partial charge on any atom is -0.371 e. The van der Waals surface area contributed by atoms with Crippen molar-refractivity contribution < 1.29 is 0 Å². The van der Waals surface area contributed by atoms with Gasteiger partial charge in [-0.1, -0.05) is 35.4 Å². The van der Waals surface area contributed by atoms with Gasteiger partial charge in [0.25, 0.3) is 0 Å². The third kappa shape index (κ3) is 4.24. The van der Waals surface area contributed by atoms with Crippen molar-refractivity contribution in [3.8, 4) is 0 Å². The molecule has 0 saturated carbocycles. The Hall–Kier alpha value is -1.96. The summed E-state index contributed by atoms with van der Waals surface area (Å²) in [4.78, 5) is 5.32. The van der Waals surface area contributed by atoms with Gasteiger partial charge in [-0.3, -0.25) is 0 Å². The summed E-state index contributed by atoms with van der Waals surface area (Å²) in [5.41, 5.74) is 11.6. The van der Waals surface area contributed by atoms with Crippen molar-refractivity contribution in [2.45, 2.75) is 67.2 Å². The Morgan fingerprint density at radius 3 is 1.03 bits per heavy atom. The summed E-state index contributed by atoms with van der Waals surface area (Å²) in [6.45, 7) is 18.5. The highest BCUT2D eigenvalue weighted by atomic mass is 15.1. The van der Waals surface area contributed by atoms with Crippen molar-refractivity contribution in [2.75, 3.05) is 36.0 Å². The fraction of sp³-hybridized carbons (Fsp3) is 0.571. The summed E-state index contributed by atoms with van der Waals surface area (Å²) in [6, 6.07) is 9.39. The number of benzene rings is 2. The number of hydrogen-bond acceptors (Lipinski definition) is 2. The summed E-state index contributed by atoms with van der Waals surface area (Å²) in [5.74, 6) is 1.82. The Kier molecular flexibility index (Phi) is 6.14. The van der Waals surface area contributed by atoms with E-state index in [0.717, 1.165) is 11.8 Å². The van der Waals surface area contributed by atoms with E-state index in [2.05, 4.69) is 75.6 Å². The second kappa shape index (κ2) is 8.65. The molecule has 0 aromatic heterocycles. The summed E-state index contributed by atoms with van der Waals surface area (Å²) >= 11 is 0. The first kappa shape index (κ1) is 21.3. The minimum atomic E-state index is 0.912. The molecule has 162 valence electrons. The molecular weight excluding hydrogens is 364 g/mol. The lowest BCUT2D eigenvalue weighted by molar-refractivity contribution is 0.233. The van der Waals surface area contributed by atoms with Crippen LogP contribution in [0.4, 0.5) is 11.4 Å². The van der Waals surface area contributed by atoms with Gasteiger partial charge >= 0.3 is 0 Å². The molecule has 2 heterocycles. The molecule has 0 radical (unpaired) electrons. The number of hydrogen-bond donors (Lipinski definition) is 0. The zero-order chi connectivity index (χ0) is 21.4. The minimum absolute atomic E-state index is 0.912. The van der Waals surface area contributed by atoms with Crippen LogP contribution in [-0.4, -0.2) is 26.2 Å². The van der Waals surface area contributed by atoms with Gasteiger partial charge in [-0.25, -0.2) is 0 Å². The Morgan fingerprint density at radius 1 is 0.500 bits per heavy atom. The lowest BCUT2D eigenvalue weighted by atomic mass is 9.78. The van der Waals surface area contributed by atoms with Crippen LogP contribution >= 0.6 is 0 Å². The molecule has 0 atom stereocenters. The molecule has 2 aromatic rings. The maximum atomic E-state index is 2.66. The number of anilines is 2. The van der Waals surface area contributed by atoms with Crippen molar-refractivity contribution in [3.63, 3.8) is 0 Å². The second-order valence-electron chi connectivity index (χ2n) is 10.1. The fourth-order valence-corrected chi connectivity index (χ4v) is 6.53. The molecule has 2 aromatic carbocycles. The van der Waals surface area contributed by atoms with Gasteiger partial charge in [0, 0.05) is 37.6 Å². The van der Waals surface area contributed by atoms with Gasteiger partial charge in [-0.2, -0.15) is 0 Å². The average Bonchev–Trinajstić information content (AvgIpc) is 2.67. The molecule has 2 aliphatic heterocycles. The highest BCUT2D eigenvalue weighted by molar-refractivity contribution is 5.61. The number of nitrogens with zero attached hydrogens (tertiary/aromatic N) is 2. The number of rotatable bonds is 3. The fourth-order valence-electron chi connectivity index (χ4n) is 6.53. The maximum Gasteiger partial charge on any atom is 0.0425 e. The molecule has 0 aliphatic carbocycles. The van der Waals surface area contributed by atoms with E-state index in [1.807, 2.05) is 0 Å². The second-order valence-corrected chi connectivity index (χ2v) is 10.1. The lowest BCUT2D eigenvalue weighted by Crippen LogP contribution is -2.41. The molecule has 30 heavy (non-hydrogen) atoms. The van der Waals surface area contributed by atoms with Gasteiger partial charge in [-0.15, -0.1) is 0 Å². The van der Waals surface area contributed by atoms with E-state index in [1.54, 1.807) is 0 Å². The Labute approximate surface area is 184 Å². The SMILES string of the molecule is Cc1cc(C)c(N2CCC(C3CCN(c4c(C)cc(C)cc4C)CC3)CC2)c(C)c1. The number of piperidine rings is 2. The highest BCUT2D eigenvalue weighted by Gasteiger charge is 2.31. The third-order valence-electron chi connectivity index (χ3n) is 7.65. The van der Waals surface area contributed by atoms with E-state index in [9.17, 15) is 0 Å². The summed E-state index contributed by atoms with van der Waals surface area (Å²) in [5, 5.41) is 0. The van der Waals surface area contributed by atoms with Crippen LogP contribution in [0.2, 0.25) is 0 Å². The van der Waals surface area contributed by atoms with E-state index < -0.39 is 0 Å². The Morgan fingerprint density at radius 2 is 0.767 bits per heavy atom. The Bertz CT molecular complexity index is 775. The van der Waals surface area contributed by atoms with Crippen LogP contribution in [0.3, 0.4) is 0 Å². The largest absolute Gasteiger partial charge is 0.371 e. The van der Waals surface area contributed by atoms with Crippen molar-refractivity contribution >= 4 is 11.4 Å². The van der Waals surface area contributed by atoms with E-state index in [0.29, 0.717) is 0 Å². The molecule has 0 amide bonds. The zero-order valence-electron chi connectivity index (χ0n) is 20.0. The van der Waals surface area contributed by atoms with Crippen LogP contribution in [0.15, 0.2) is 24.3 Å². The van der Waals surface area contributed by atoms with Crippen molar-refractivity contribution in [1.29, 1.82) is 0 Å².